The summed E-state index contributed by atoms with van der Waals surface area (Å²) in [5.41, 5.74) is 7.20. The van der Waals surface area contributed by atoms with Gasteiger partial charge >= 0.3 is 11.8 Å². The topological polar surface area (TPSA) is 146 Å². The molecule has 33 heavy (non-hydrogen) atoms. The number of nitrogens with one attached hydrogen (secondary N) is 2. The Balaban J connectivity index is 1.33. The number of H-pyrrole nitrogens is 1. The Bertz CT molecular complexity index is 1360. The second kappa shape index (κ2) is 8.37. The first kappa shape index (κ1) is 20.7. The average molecular weight is 452 g/mol. The minimum absolute atomic E-state index is 0.114. The summed E-state index contributed by atoms with van der Waals surface area (Å²) in [6.45, 7) is 0. The van der Waals surface area contributed by atoms with Crippen molar-refractivity contribution >= 4 is 34.6 Å². The van der Waals surface area contributed by atoms with Gasteiger partial charge in [0.25, 0.3) is 0 Å². The first-order valence-corrected chi connectivity index (χ1v) is 10.5. The normalized spacial score (nSPS) is 18.3. The third-order valence-corrected chi connectivity index (χ3v) is 5.71. The molecule has 0 spiro atoms. The highest BCUT2D eigenvalue weighted by molar-refractivity contribution is 5.74. The number of rotatable bonds is 4. The fourth-order valence-electron chi connectivity index (χ4n) is 4.06. The molecular formula is C21H21FN8O3. The van der Waals surface area contributed by atoms with Crippen LogP contribution in [0.5, 0.6) is 0 Å². The van der Waals surface area contributed by atoms with E-state index in [9.17, 15) is 14.0 Å². The Morgan fingerprint density at radius 3 is 2.85 bits per heavy atom. The van der Waals surface area contributed by atoms with E-state index in [1.807, 2.05) is 0 Å². The van der Waals surface area contributed by atoms with Crippen molar-refractivity contribution in [3.05, 3.63) is 59.4 Å². The number of fused-ring (bicyclic) bond motifs is 1. The number of carbonyl (C=O) groups is 1. The molecule has 1 saturated carbocycles. The van der Waals surface area contributed by atoms with Crippen molar-refractivity contribution in [1.82, 2.24) is 29.1 Å². The summed E-state index contributed by atoms with van der Waals surface area (Å²) in [5, 5.41) is 2.91. The number of halogens is 1. The molecule has 4 N–H and O–H groups in total. The van der Waals surface area contributed by atoms with Crippen molar-refractivity contribution < 1.29 is 13.9 Å². The molecule has 1 aromatic carbocycles. The Morgan fingerprint density at radius 1 is 1.27 bits per heavy atom. The summed E-state index contributed by atoms with van der Waals surface area (Å²) in [6, 6.07) is 3.84. The molecule has 3 aromatic heterocycles. The molecule has 0 saturated heterocycles. The number of benzene rings is 1. The monoisotopic (exact) mass is 452 g/mol. The van der Waals surface area contributed by atoms with Gasteiger partial charge in [0.05, 0.1) is 17.6 Å². The van der Waals surface area contributed by atoms with Crippen LogP contribution in [0.15, 0.2) is 47.9 Å². The zero-order valence-corrected chi connectivity index (χ0v) is 17.4. The second-order valence-electron chi connectivity index (χ2n) is 7.87. The zero-order valence-electron chi connectivity index (χ0n) is 17.4. The standard InChI is InChI=1S/C21H21FN8O3/c22-12-1-6-15(23)16(9-12)26-19-25-10-17-18(28-19)30(20(31)27-17)13-2-4-14(5-3-13)33-21(32)29-8-7-24-11-29/h1,6-11,13-14H,2-5,23H2,(H,27,31)(H,25,26,28). The number of aromatic amines is 1. The maximum Gasteiger partial charge on any atom is 0.419 e. The van der Waals surface area contributed by atoms with Gasteiger partial charge in [-0.25, -0.2) is 28.5 Å². The molecular weight excluding hydrogens is 431 g/mol. The molecule has 0 bridgehead atoms. The van der Waals surface area contributed by atoms with Gasteiger partial charge in [0.2, 0.25) is 5.95 Å². The van der Waals surface area contributed by atoms with Crippen LogP contribution in [0, 0.1) is 5.82 Å². The molecule has 0 aliphatic heterocycles. The van der Waals surface area contributed by atoms with Crippen molar-refractivity contribution in [3.63, 3.8) is 0 Å². The number of anilines is 3. The summed E-state index contributed by atoms with van der Waals surface area (Å²) in [4.78, 5) is 40.1. The van der Waals surface area contributed by atoms with Crippen LogP contribution >= 0.6 is 0 Å². The lowest BCUT2D eigenvalue weighted by atomic mass is 9.93. The van der Waals surface area contributed by atoms with Crippen molar-refractivity contribution in [2.45, 2.75) is 37.8 Å². The minimum atomic E-state index is -0.472. The third-order valence-electron chi connectivity index (χ3n) is 5.71. The van der Waals surface area contributed by atoms with Crippen molar-refractivity contribution in [2.24, 2.45) is 0 Å². The number of nitrogens with two attached hydrogens (primary N) is 1. The predicted molar refractivity (Wildman–Crippen MR) is 118 cm³/mol. The van der Waals surface area contributed by atoms with E-state index in [1.54, 1.807) is 4.57 Å². The Labute approximate surface area is 186 Å². The van der Waals surface area contributed by atoms with Crippen molar-refractivity contribution in [3.8, 4) is 0 Å². The molecule has 0 unspecified atom stereocenters. The van der Waals surface area contributed by atoms with E-state index in [0.717, 1.165) is 0 Å². The highest BCUT2D eigenvalue weighted by Gasteiger charge is 2.28. The van der Waals surface area contributed by atoms with Crippen LogP contribution in [-0.4, -0.2) is 41.3 Å². The lowest BCUT2D eigenvalue weighted by molar-refractivity contribution is 0.0665. The lowest BCUT2D eigenvalue weighted by Crippen LogP contribution is -2.30. The summed E-state index contributed by atoms with van der Waals surface area (Å²) in [5.74, 6) is -0.257. The SMILES string of the molecule is Nc1ccc(F)cc1Nc1ncc2[nH]c(=O)n(C3CCC(OC(=O)n4ccnc4)CC3)c2n1. The van der Waals surface area contributed by atoms with Crippen LogP contribution < -0.4 is 16.7 Å². The number of imidazole rings is 2. The van der Waals surface area contributed by atoms with Crippen LogP contribution in [0.3, 0.4) is 0 Å². The summed E-state index contributed by atoms with van der Waals surface area (Å²) >= 11 is 0. The van der Waals surface area contributed by atoms with Crippen molar-refractivity contribution in [1.29, 1.82) is 0 Å². The van der Waals surface area contributed by atoms with E-state index in [0.29, 0.717) is 48.2 Å². The molecule has 1 fully saturated rings. The van der Waals surface area contributed by atoms with Crippen LogP contribution in [0.25, 0.3) is 11.2 Å². The van der Waals surface area contributed by atoms with E-state index >= 15 is 0 Å². The fourth-order valence-corrected chi connectivity index (χ4v) is 4.06. The largest absolute Gasteiger partial charge is 0.446 e. The van der Waals surface area contributed by atoms with Crippen LogP contribution in [0.1, 0.15) is 31.7 Å². The number of carbonyl (C=O) groups excluding carboxylic acids is 1. The van der Waals surface area contributed by atoms with E-state index in [-0.39, 0.29) is 23.8 Å². The number of nitrogen functional groups attached to an aromatic ring is 1. The fraction of sp³-hybridized carbons (Fsp3) is 0.286. The van der Waals surface area contributed by atoms with E-state index in [1.165, 1.54) is 47.7 Å². The molecule has 0 atom stereocenters. The first-order valence-electron chi connectivity index (χ1n) is 10.5. The molecule has 5 rings (SSSR count). The van der Waals surface area contributed by atoms with Gasteiger partial charge in [-0.3, -0.25) is 4.57 Å². The molecule has 3 heterocycles. The smallest absolute Gasteiger partial charge is 0.419 e. The molecule has 0 amide bonds. The van der Waals surface area contributed by atoms with Crippen LogP contribution in [0.4, 0.5) is 26.5 Å². The van der Waals surface area contributed by atoms with Crippen LogP contribution in [0.2, 0.25) is 0 Å². The lowest BCUT2D eigenvalue weighted by Gasteiger charge is -2.28. The number of nitrogens with zero attached hydrogens (tertiary/aromatic N) is 5. The molecule has 1 aliphatic rings. The highest BCUT2D eigenvalue weighted by atomic mass is 19.1. The van der Waals surface area contributed by atoms with Gasteiger partial charge in [0.15, 0.2) is 5.65 Å². The summed E-state index contributed by atoms with van der Waals surface area (Å²) in [6.07, 6.45) is 7.72. The quantitative estimate of drug-likeness (QED) is 0.401. The first-order chi connectivity index (χ1) is 16.0. The number of aromatic nitrogens is 6. The number of hydrogen-bond acceptors (Lipinski definition) is 8. The van der Waals surface area contributed by atoms with Gasteiger partial charge in [-0.2, -0.15) is 4.98 Å². The summed E-state index contributed by atoms with van der Waals surface area (Å²) in [7, 11) is 0. The maximum absolute atomic E-state index is 13.6. The van der Waals surface area contributed by atoms with E-state index in [4.69, 9.17) is 10.5 Å². The Kier molecular flexibility index (Phi) is 5.24. The molecule has 1 aliphatic carbocycles. The zero-order chi connectivity index (χ0) is 22.9. The molecule has 4 aromatic rings. The van der Waals surface area contributed by atoms with Gasteiger partial charge in [-0.15, -0.1) is 0 Å². The highest BCUT2D eigenvalue weighted by Crippen LogP contribution is 2.31. The minimum Gasteiger partial charge on any atom is -0.446 e. The molecule has 12 heteroatoms. The average Bonchev–Trinajstić information content (AvgIpc) is 3.45. The molecule has 0 radical (unpaired) electrons. The van der Waals surface area contributed by atoms with Crippen LogP contribution in [-0.2, 0) is 4.74 Å². The van der Waals surface area contributed by atoms with Gasteiger partial charge in [0.1, 0.15) is 23.8 Å². The number of hydrogen-bond donors (Lipinski definition) is 3. The Morgan fingerprint density at radius 2 is 2.09 bits per heavy atom. The van der Waals surface area contributed by atoms with Gasteiger partial charge in [-0.1, -0.05) is 0 Å². The Hall–Kier alpha value is -4.22. The molecule has 170 valence electrons. The van der Waals surface area contributed by atoms with Crippen molar-refractivity contribution in [2.75, 3.05) is 11.1 Å². The van der Waals surface area contributed by atoms with E-state index in [2.05, 4.69) is 25.3 Å². The van der Waals surface area contributed by atoms with Gasteiger partial charge < -0.3 is 20.8 Å². The second-order valence-corrected chi connectivity index (χ2v) is 7.87. The van der Waals surface area contributed by atoms with E-state index < -0.39 is 11.9 Å². The predicted octanol–water partition coefficient (Wildman–Crippen LogP) is 2.95. The maximum atomic E-state index is 13.6. The third kappa shape index (κ3) is 4.14. The number of ether oxygens (including phenoxy) is 1. The van der Waals surface area contributed by atoms with Gasteiger partial charge in [0, 0.05) is 18.4 Å². The summed E-state index contributed by atoms with van der Waals surface area (Å²) < 4.78 is 22.0. The van der Waals surface area contributed by atoms with Gasteiger partial charge in [-0.05, 0) is 43.9 Å². The molecule has 11 nitrogen and oxygen atoms in total.